The van der Waals surface area contributed by atoms with E-state index in [0.29, 0.717) is 0 Å². The highest BCUT2D eigenvalue weighted by Crippen LogP contribution is 2.10. The summed E-state index contributed by atoms with van der Waals surface area (Å²) in [4.78, 5) is 0.263. The summed E-state index contributed by atoms with van der Waals surface area (Å²) in [5, 5.41) is 9.55. The first-order valence-electron chi connectivity index (χ1n) is 4.41. The Morgan fingerprint density at radius 2 is 1.80 bits per heavy atom. The highest BCUT2D eigenvalue weighted by Gasteiger charge is 2.07. The molecule has 0 fully saturated rings. The van der Waals surface area contributed by atoms with Gasteiger partial charge in [-0.1, -0.05) is 36.4 Å². The molecular weight excluding hydrogens is 212 g/mol. The van der Waals surface area contributed by atoms with Crippen molar-refractivity contribution in [2.75, 3.05) is 6.61 Å². The molecule has 0 aliphatic heterocycles. The lowest BCUT2D eigenvalue weighted by Gasteiger charge is -1.96. The molecule has 0 spiro atoms. The molecule has 0 aliphatic rings. The van der Waals surface area contributed by atoms with Gasteiger partial charge in [0.05, 0.1) is 11.5 Å². The summed E-state index contributed by atoms with van der Waals surface area (Å²) in [6, 6.07) is 8.17. The Hall–Kier alpha value is -1.39. The van der Waals surface area contributed by atoms with Gasteiger partial charge in [-0.2, -0.15) is 0 Å². The summed E-state index contributed by atoms with van der Waals surface area (Å²) in [6.07, 6.45) is 4.33. The minimum absolute atomic E-state index is 0.101. The lowest BCUT2D eigenvalue weighted by Crippen LogP contribution is -1.94. The molecule has 0 bridgehead atoms. The van der Waals surface area contributed by atoms with Crippen LogP contribution in [0.3, 0.4) is 0 Å². The Bertz CT molecular complexity index is 444. The van der Waals surface area contributed by atoms with Crippen molar-refractivity contribution >= 4 is 9.84 Å². The van der Waals surface area contributed by atoms with Gasteiger partial charge in [0.15, 0.2) is 9.84 Å². The van der Waals surface area contributed by atoms with E-state index in [1.54, 1.807) is 18.2 Å². The minimum Gasteiger partial charge on any atom is -0.392 e. The molecule has 1 N–H and O–H groups in total. The number of rotatable bonds is 4. The molecule has 0 saturated carbocycles. The summed E-state index contributed by atoms with van der Waals surface area (Å²) < 4.78 is 23.2. The van der Waals surface area contributed by atoms with Gasteiger partial charge in [-0.3, -0.25) is 0 Å². The molecule has 0 atom stereocenters. The molecule has 1 aromatic carbocycles. The van der Waals surface area contributed by atoms with Crippen molar-refractivity contribution in [1.29, 1.82) is 0 Å². The van der Waals surface area contributed by atoms with Gasteiger partial charge in [0, 0.05) is 5.41 Å². The van der Waals surface area contributed by atoms with Crippen molar-refractivity contribution in [3.63, 3.8) is 0 Å². The van der Waals surface area contributed by atoms with E-state index < -0.39 is 9.84 Å². The maximum Gasteiger partial charge on any atom is 0.199 e. The van der Waals surface area contributed by atoms with Crippen LogP contribution in [0.25, 0.3) is 0 Å². The van der Waals surface area contributed by atoms with E-state index >= 15 is 0 Å². The smallest absolute Gasteiger partial charge is 0.199 e. The average Bonchev–Trinajstić information content (AvgIpc) is 2.26. The zero-order valence-electron chi connectivity index (χ0n) is 8.08. The van der Waals surface area contributed by atoms with Crippen molar-refractivity contribution in [1.82, 2.24) is 0 Å². The van der Waals surface area contributed by atoms with Gasteiger partial charge in [-0.15, -0.1) is 0 Å². The SMILES string of the molecule is O=S(=O)(/C=C/C=C/CO)c1ccccc1. The molecule has 4 heteroatoms. The van der Waals surface area contributed by atoms with Crippen LogP contribution < -0.4 is 0 Å². The second kappa shape index (κ2) is 5.48. The van der Waals surface area contributed by atoms with E-state index in [0.717, 1.165) is 5.41 Å². The lowest BCUT2D eigenvalue weighted by atomic mass is 10.4. The molecule has 0 amide bonds. The number of sulfone groups is 1. The normalized spacial score (nSPS) is 12.6. The van der Waals surface area contributed by atoms with Crippen LogP contribution in [0.4, 0.5) is 0 Å². The predicted molar refractivity (Wildman–Crippen MR) is 59.0 cm³/mol. The van der Waals surface area contributed by atoms with Gasteiger partial charge in [0.1, 0.15) is 0 Å². The molecule has 0 unspecified atom stereocenters. The molecular formula is C11H12O3S. The van der Waals surface area contributed by atoms with E-state index in [2.05, 4.69) is 0 Å². The van der Waals surface area contributed by atoms with Crippen molar-refractivity contribution in [3.05, 3.63) is 54.0 Å². The first-order valence-corrected chi connectivity index (χ1v) is 5.95. The summed E-state index contributed by atoms with van der Waals surface area (Å²) in [5.41, 5.74) is 0. The van der Waals surface area contributed by atoms with E-state index in [9.17, 15) is 8.42 Å². The fraction of sp³-hybridized carbons (Fsp3) is 0.0909. The maximum atomic E-state index is 11.6. The number of aliphatic hydroxyl groups is 1. The van der Waals surface area contributed by atoms with E-state index in [1.165, 1.54) is 30.4 Å². The third-order valence-corrected chi connectivity index (χ3v) is 3.13. The van der Waals surface area contributed by atoms with Gasteiger partial charge in [-0.25, -0.2) is 8.42 Å². The third-order valence-electron chi connectivity index (χ3n) is 1.68. The molecule has 0 heterocycles. The Kier molecular flexibility index (Phi) is 4.27. The van der Waals surface area contributed by atoms with Crippen LogP contribution in [0.5, 0.6) is 0 Å². The van der Waals surface area contributed by atoms with Crippen LogP contribution in [0.1, 0.15) is 0 Å². The summed E-state index contributed by atoms with van der Waals surface area (Å²) in [7, 11) is -3.35. The number of allylic oxidation sites excluding steroid dienone is 2. The predicted octanol–water partition coefficient (Wildman–Crippen LogP) is 1.52. The number of aliphatic hydroxyl groups excluding tert-OH is 1. The summed E-state index contributed by atoms with van der Waals surface area (Å²) in [5.74, 6) is 0. The fourth-order valence-corrected chi connectivity index (χ4v) is 1.97. The molecule has 0 saturated heterocycles. The quantitative estimate of drug-likeness (QED) is 0.789. The van der Waals surface area contributed by atoms with Crippen molar-refractivity contribution in [3.8, 4) is 0 Å². The van der Waals surface area contributed by atoms with Crippen LogP contribution in [-0.4, -0.2) is 20.1 Å². The van der Waals surface area contributed by atoms with Crippen LogP contribution in [0.15, 0.2) is 58.9 Å². The van der Waals surface area contributed by atoms with E-state index in [1.807, 2.05) is 0 Å². The molecule has 80 valence electrons. The maximum absolute atomic E-state index is 11.6. The average molecular weight is 224 g/mol. The third kappa shape index (κ3) is 3.69. The van der Waals surface area contributed by atoms with Gasteiger partial charge in [0.2, 0.25) is 0 Å². The molecule has 15 heavy (non-hydrogen) atoms. The highest BCUT2D eigenvalue weighted by molar-refractivity contribution is 7.94. The van der Waals surface area contributed by atoms with Gasteiger partial charge in [-0.05, 0) is 12.1 Å². The largest absolute Gasteiger partial charge is 0.392 e. The molecule has 3 nitrogen and oxygen atoms in total. The van der Waals surface area contributed by atoms with E-state index in [4.69, 9.17) is 5.11 Å². The Morgan fingerprint density at radius 1 is 1.13 bits per heavy atom. The van der Waals surface area contributed by atoms with Crippen molar-refractivity contribution in [2.24, 2.45) is 0 Å². The fourth-order valence-electron chi connectivity index (χ4n) is 0.977. The second-order valence-electron chi connectivity index (χ2n) is 2.80. The van der Waals surface area contributed by atoms with Crippen molar-refractivity contribution < 1.29 is 13.5 Å². The lowest BCUT2D eigenvalue weighted by molar-refractivity contribution is 0.343. The van der Waals surface area contributed by atoms with Gasteiger partial charge in [0.25, 0.3) is 0 Å². The van der Waals surface area contributed by atoms with Gasteiger partial charge >= 0.3 is 0 Å². The minimum atomic E-state index is -3.35. The Labute approximate surface area is 89.3 Å². The first-order chi connectivity index (χ1) is 7.17. The second-order valence-corrected chi connectivity index (χ2v) is 4.63. The molecule has 0 aliphatic carbocycles. The Balaban J connectivity index is 2.86. The molecule has 0 aromatic heterocycles. The van der Waals surface area contributed by atoms with E-state index in [-0.39, 0.29) is 11.5 Å². The molecule has 1 rings (SSSR count). The van der Waals surface area contributed by atoms with Crippen LogP contribution >= 0.6 is 0 Å². The number of hydrogen-bond donors (Lipinski definition) is 1. The van der Waals surface area contributed by atoms with Crippen LogP contribution in [0.2, 0.25) is 0 Å². The Morgan fingerprint density at radius 3 is 2.40 bits per heavy atom. The van der Waals surface area contributed by atoms with Crippen LogP contribution in [-0.2, 0) is 9.84 Å². The monoisotopic (exact) mass is 224 g/mol. The highest BCUT2D eigenvalue weighted by atomic mass is 32.2. The zero-order valence-corrected chi connectivity index (χ0v) is 8.89. The van der Waals surface area contributed by atoms with Gasteiger partial charge < -0.3 is 5.11 Å². The number of benzene rings is 1. The zero-order chi connectivity index (χ0) is 11.1. The summed E-state index contributed by atoms with van der Waals surface area (Å²) in [6.45, 7) is -0.101. The van der Waals surface area contributed by atoms with Crippen LogP contribution in [0, 0.1) is 0 Å². The standard InChI is InChI=1S/C11H12O3S/c12-9-5-2-6-10-15(13,14)11-7-3-1-4-8-11/h1-8,10,12H,9H2/b5-2+,10-6+. The number of hydrogen-bond acceptors (Lipinski definition) is 3. The molecule has 0 radical (unpaired) electrons. The van der Waals surface area contributed by atoms with Crippen molar-refractivity contribution in [2.45, 2.75) is 4.90 Å². The molecule has 1 aromatic rings. The topological polar surface area (TPSA) is 54.4 Å². The first kappa shape index (κ1) is 11.7. The summed E-state index contributed by atoms with van der Waals surface area (Å²) >= 11 is 0.